The summed E-state index contributed by atoms with van der Waals surface area (Å²) in [5.41, 5.74) is -1.92. The molecule has 1 fully saturated rings. The summed E-state index contributed by atoms with van der Waals surface area (Å²) in [5.74, 6) is -2.31. The van der Waals surface area contributed by atoms with Crippen LogP contribution in [0.4, 0.5) is 17.6 Å². The molecule has 9 heteroatoms. The van der Waals surface area contributed by atoms with Crippen LogP contribution in [0.5, 0.6) is 0 Å². The number of allylic oxidation sites excluding steroid dienone is 1. The standard InChI is InChI=1S/C20H21F4NO4/c1-5-8-25-9-7-12(16(25)20(22,23)24)11-29-18(27)15-13(19(15,3)4)10-14(21)17(26)28-6-2/h1,7,9-10,13,15H,6,8,11H2,2-4H3. The first kappa shape index (κ1) is 22.5. The molecule has 29 heavy (non-hydrogen) atoms. The highest BCUT2D eigenvalue weighted by molar-refractivity contribution is 5.86. The van der Waals surface area contributed by atoms with Crippen molar-refractivity contribution in [1.29, 1.82) is 0 Å². The molecule has 0 radical (unpaired) electrons. The average Bonchev–Trinajstić information content (AvgIpc) is 2.95. The third kappa shape index (κ3) is 4.81. The summed E-state index contributed by atoms with van der Waals surface area (Å²) in [5, 5.41) is 0. The van der Waals surface area contributed by atoms with Gasteiger partial charge in [0.1, 0.15) is 12.3 Å². The zero-order valence-corrected chi connectivity index (χ0v) is 16.2. The monoisotopic (exact) mass is 415 g/mol. The van der Waals surface area contributed by atoms with Crippen LogP contribution in [0.2, 0.25) is 0 Å². The highest BCUT2D eigenvalue weighted by Gasteiger charge is 2.62. The number of terminal acetylenes is 1. The maximum Gasteiger partial charge on any atom is 0.431 e. The lowest BCUT2D eigenvalue weighted by Crippen LogP contribution is -2.17. The second kappa shape index (κ2) is 8.31. The first-order valence-electron chi connectivity index (χ1n) is 8.84. The molecule has 0 spiro atoms. The van der Waals surface area contributed by atoms with E-state index in [4.69, 9.17) is 11.2 Å². The molecule has 1 aliphatic carbocycles. The van der Waals surface area contributed by atoms with Crippen LogP contribution in [-0.2, 0) is 38.4 Å². The summed E-state index contributed by atoms with van der Waals surface area (Å²) in [6, 6.07) is 1.18. The van der Waals surface area contributed by atoms with E-state index in [1.807, 2.05) is 0 Å². The van der Waals surface area contributed by atoms with E-state index in [9.17, 15) is 27.2 Å². The fourth-order valence-corrected chi connectivity index (χ4v) is 3.31. The number of rotatable bonds is 7. The van der Waals surface area contributed by atoms with Crippen molar-refractivity contribution in [2.75, 3.05) is 6.61 Å². The maximum absolute atomic E-state index is 13.9. The Morgan fingerprint density at radius 2 is 2.00 bits per heavy atom. The van der Waals surface area contributed by atoms with Gasteiger partial charge in [0.25, 0.3) is 0 Å². The van der Waals surface area contributed by atoms with Crippen LogP contribution in [0.1, 0.15) is 32.0 Å². The van der Waals surface area contributed by atoms with E-state index >= 15 is 0 Å². The van der Waals surface area contributed by atoms with E-state index in [2.05, 4.69) is 10.7 Å². The Kier molecular flexibility index (Phi) is 6.46. The number of nitrogens with zero attached hydrogens (tertiary/aromatic N) is 1. The van der Waals surface area contributed by atoms with Gasteiger partial charge in [-0.1, -0.05) is 19.8 Å². The molecule has 0 saturated heterocycles. The summed E-state index contributed by atoms with van der Waals surface area (Å²) in [7, 11) is 0. The van der Waals surface area contributed by atoms with E-state index in [-0.39, 0.29) is 18.7 Å². The topological polar surface area (TPSA) is 57.5 Å². The number of hydrogen-bond acceptors (Lipinski definition) is 4. The van der Waals surface area contributed by atoms with Crippen LogP contribution in [0.15, 0.2) is 24.2 Å². The molecule has 2 unspecified atom stereocenters. The molecule has 1 aliphatic rings. The molecule has 0 amide bonds. The van der Waals surface area contributed by atoms with Crippen molar-refractivity contribution >= 4 is 11.9 Å². The lowest BCUT2D eigenvalue weighted by atomic mass is 10.1. The fraction of sp³-hybridized carbons (Fsp3) is 0.500. The third-order valence-corrected chi connectivity index (χ3v) is 4.91. The van der Waals surface area contributed by atoms with Gasteiger partial charge in [-0.05, 0) is 30.4 Å². The number of carbonyl (C=O) groups is 2. The molecule has 1 aromatic heterocycles. The molecule has 0 bridgehead atoms. The number of alkyl halides is 3. The summed E-state index contributed by atoms with van der Waals surface area (Å²) >= 11 is 0. The van der Waals surface area contributed by atoms with Crippen molar-refractivity contribution in [3.05, 3.63) is 35.4 Å². The second-order valence-electron chi connectivity index (χ2n) is 7.19. The summed E-state index contributed by atoms with van der Waals surface area (Å²) in [6.45, 7) is 3.98. The predicted octanol–water partition coefficient (Wildman–Crippen LogP) is 3.87. The van der Waals surface area contributed by atoms with Crippen molar-refractivity contribution in [2.24, 2.45) is 17.3 Å². The number of aromatic nitrogens is 1. The Morgan fingerprint density at radius 1 is 1.34 bits per heavy atom. The van der Waals surface area contributed by atoms with Crippen molar-refractivity contribution in [3.8, 4) is 12.3 Å². The minimum atomic E-state index is -4.67. The van der Waals surface area contributed by atoms with Gasteiger partial charge in [-0.3, -0.25) is 4.79 Å². The van der Waals surface area contributed by atoms with Crippen molar-refractivity contribution < 1.29 is 36.6 Å². The normalized spacial score (nSPS) is 20.7. The van der Waals surface area contributed by atoms with E-state index in [0.29, 0.717) is 0 Å². The zero-order valence-electron chi connectivity index (χ0n) is 16.2. The average molecular weight is 415 g/mol. The molecule has 2 rings (SSSR count). The Labute approximate surface area is 165 Å². The molecule has 5 nitrogen and oxygen atoms in total. The van der Waals surface area contributed by atoms with E-state index in [0.717, 1.165) is 10.6 Å². The molecule has 0 N–H and O–H groups in total. The summed E-state index contributed by atoms with van der Waals surface area (Å²) in [4.78, 5) is 23.8. The van der Waals surface area contributed by atoms with Gasteiger partial charge in [-0.25, -0.2) is 4.79 Å². The van der Waals surface area contributed by atoms with Crippen LogP contribution < -0.4 is 0 Å². The molecule has 1 heterocycles. The molecular weight excluding hydrogens is 394 g/mol. The number of ether oxygens (including phenoxy) is 2. The quantitative estimate of drug-likeness (QED) is 0.294. The van der Waals surface area contributed by atoms with Crippen molar-refractivity contribution in [1.82, 2.24) is 4.57 Å². The molecular formula is C20H21F4NO4. The van der Waals surface area contributed by atoms with E-state index < -0.39 is 53.5 Å². The Balaban J connectivity index is 2.10. The highest BCUT2D eigenvalue weighted by atomic mass is 19.4. The Bertz CT molecular complexity index is 861. The minimum Gasteiger partial charge on any atom is -0.461 e. The summed E-state index contributed by atoms with van der Waals surface area (Å²) in [6.07, 6.45) is 2.58. The molecule has 2 atom stereocenters. The lowest BCUT2D eigenvalue weighted by molar-refractivity contribution is -0.151. The second-order valence-corrected chi connectivity index (χ2v) is 7.19. The first-order valence-corrected chi connectivity index (χ1v) is 8.84. The highest BCUT2D eigenvalue weighted by Crippen LogP contribution is 2.60. The first-order chi connectivity index (χ1) is 13.4. The van der Waals surface area contributed by atoms with Gasteiger partial charge >= 0.3 is 18.1 Å². The molecule has 158 valence electrons. The van der Waals surface area contributed by atoms with Gasteiger partial charge in [0.15, 0.2) is 0 Å². The van der Waals surface area contributed by atoms with Crippen LogP contribution in [0, 0.1) is 29.6 Å². The van der Waals surface area contributed by atoms with E-state index in [1.165, 1.54) is 19.2 Å². The summed E-state index contributed by atoms with van der Waals surface area (Å²) < 4.78 is 64.2. The van der Waals surface area contributed by atoms with Gasteiger partial charge in [0.05, 0.1) is 19.1 Å². The van der Waals surface area contributed by atoms with Crippen LogP contribution in [0.3, 0.4) is 0 Å². The molecule has 1 aromatic rings. The Hall–Kier alpha value is -2.76. The molecule has 0 aromatic carbocycles. The van der Waals surface area contributed by atoms with Crippen LogP contribution in [-0.4, -0.2) is 23.1 Å². The van der Waals surface area contributed by atoms with Gasteiger partial charge in [0.2, 0.25) is 5.83 Å². The van der Waals surface area contributed by atoms with Crippen molar-refractivity contribution in [3.63, 3.8) is 0 Å². The number of hydrogen-bond donors (Lipinski definition) is 0. The van der Waals surface area contributed by atoms with Crippen LogP contribution >= 0.6 is 0 Å². The SMILES string of the molecule is C#CCn1ccc(COC(=O)C2C(C=C(F)C(=O)OCC)C2(C)C)c1C(F)(F)F. The van der Waals surface area contributed by atoms with E-state index in [1.54, 1.807) is 13.8 Å². The zero-order chi connectivity index (χ0) is 22.0. The minimum absolute atomic E-state index is 0.000481. The Morgan fingerprint density at radius 3 is 2.55 bits per heavy atom. The van der Waals surface area contributed by atoms with Gasteiger partial charge < -0.3 is 14.0 Å². The van der Waals surface area contributed by atoms with Gasteiger partial charge in [0, 0.05) is 11.8 Å². The lowest BCUT2D eigenvalue weighted by Gasteiger charge is -2.13. The number of carbonyl (C=O) groups excluding carboxylic acids is 2. The molecule has 0 aliphatic heterocycles. The smallest absolute Gasteiger partial charge is 0.431 e. The fourth-order valence-electron chi connectivity index (χ4n) is 3.31. The van der Waals surface area contributed by atoms with Gasteiger partial charge in [-0.2, -0.15) is 17.6 Å². The third-order valence-electron chi connectivity index (χ3n) is 4.91. The predicted molar refractivity (Wildman–Crippen MR) is 94.6 cm³/mol. The molecule has 1 saturated carbocycles. The maximum atomic E-state index is 13.9. The van der Waals surface area contributed by atoms with Gasteiger partial charge in [-0.15, -0.1) is 6.42 Å². The number of esters is 2. The van der Waals surface area contributed by atoms with Crippen molar-refractivity contribution in [2.45, 2.75) is 40.1 Å². The number of halogens is 4. The largest absolute Gasteiger partial charge is 0.461 e. The van der Waals surface area contributed by atoms with Crippen LogP contribution in [0.25, 0.3) is 0 Å².